The predicted octanol–water partition coefficient (Wildman–Crippen LogP) is 2.86. The molecule has 378 valence electrons. The first kappa shape index (κ1) is 60.4. The van der Waals surface area contributed by atoms with E-state index in [9.17, 15) is 28.8 Å². The van der Waals surface area contributed by atoms with Crippen LogP contribution in [0.5, 0.6) is 0 Å². The second kappa shape index (κ2) is 46.5. The van der Waals surface area contributed by atoms with Gasteiger partial charge in [0.15, 0.2) is 0 Å². The fourth-order valence-electron chi connectivity index (χ4n) is 4.51. The van der Waals surface area contributed by atoms with Crippen molar-refractivity contribution >= 4 is 57.4 Å². The van der Waals surface area contributed by atoms with Crippen molar-refractivity contribution in [1.82, 2.24) is 0 Å². The third-order valence-electron chi connectivity index (χ3n) is 7.76. The number of carboxylic acids is 1. The van der Waals surface area contributed by atoms with Gasteiger partial charge in [-0.15, -0.1) is 0 Å². The zero-order valence-electron chi connectivity index (χ0n) is 37.7. The molecule has 0 aliphatic rings. The van der Waals surface area contributed by atoms with Gasteiger partial charge in [-0.05, 0) is 5.56 Å². The summed E-state index contributed by atoms with van der Waals surface area (Å²) in [4.78, 5) is 69.0. The lowest BCUT2D eigenvalue weighted by molar-refractivity contribution is -0.152. The summed E-state index contributed by atoms with van der Waals surface area (Å²) < 4.78 is 73.3. The lowest BCUT2D eigenvalue weighted by Gasteiger charge is -2.09. The van der Waals surface area contributed by atoms with Gasteiger partial charge in [0.2, 0.25) is 0 Å². The van der Waals surface area contributed by atoms with E-state index >= 15 is 0 Å². The Balaban J connectivity index is 1.75. The van der Waals surface area contributed by atoms with Crippen molar-refractivity contribution < 1.29 is 100 Å². The molecule has 0 aliphatic heterocycles. The van der Waals surface area contributed by atoms with Crippen LogP contribution in [0.1, 0.15) is 44.1 Å². The molecule has 0 atom stereocenters. The lowest BCUT2D eigenvalue weighted by Crippen LogP contribution is -2.17. The zero-order chi connectivity index (χ0) is 47.8. The first-order valence-corrected chi connectivity index (χ1v) is 24.2. The standard InChI is InChI=1S/C43H68O21S2/c44-38(45)6-7-39(46)60-29-24-54-17-12-51-13-18-55-25-30-61-40(47)8-9-41(48)62-31-26-56-19-14-52-15-20-57-27-32-63-42(49)10-11-43(50)64-33-28-58-21-16-53-22-23-59-34-35-65-66-36-37-4-2-1-3-5-37/h1-5H,6-36H2,(H,44,45). The monoisotopic (exact) mass is 984 g/mol. The van der Waals surface area contributed by atoms with Gasteiger partial charge in [-0.1, -0.05) is 51.9 Å². The summed E-state index contributed by atoms with van der Waals surface area (Å²) in [7, 11) is 3.59. The highest BCUT2D eigenvalue weighted by molar-refractivity contribution is 8.76. The number of benzene rings is 1. The van der Waals surface area contributed by atoms with Gasteiger partial charge in [-0.25, -0.2) is 0 Å². The van der Waals surface area contributed by atoms with Crippen molar-refractivity contribution in [3.05, 3.63) is 35.9 Å². The Morgan fingerprint density at radius 1 is 0.333 bits per heavy atom. The molecule has 23 heteroatoms. The van der Waals surface area contributed by atoms with Gasteiger partial charge < -0.3 is 71.4 Å². The maximum Gasteiger partial charge on any atom is 0.306 e. The molecule has 1 rings (SSSR count). The Labute approximate surface area is 394 Å². The minimum absolute atomic E-state index is 0.0174. The first-order chi connectivity index (χ1) is 32.3. The molecule has 0 aromatic heterocycles. The average molecular weight is 985 g/mol. The highest BCUT2D eigenvalue weighted by Crippen LogP contribution is 2.25. The van der Waals surface area contributed by atoms with Crippen LogP contribution in [0, 0.1) is 0 Å². The van der Waals surface area contributed by atoms with E-state index in [-0.39, 0.29) is 151 Å². The number of rotatable bonds is 48. The number of hydrogen-bond donors (Lipinski definition) is 1. The molecule has 0 saturated heterocycles. The summed E-state index contributed by atoms with van der Waals surface area (Å²) in [5, 5.41) is 8.51. The molecule has 0 heterocycles. The second-order valence-electron chi connectivity index (χ2n) is 13.1. The van der Waals surface area contributed by atoms with E-state index in [1.54, 1.807) is 10.8 Å². The Morgan fingerprint density at radius 2 is 0.591 bits per heavy atom. The fourth-order valence-corrected chi connectivity index (χ4v) is 6.44. The van der Waals surface area contributed by atoms with Gasteiger partial charge in [0.1, 0.15) is 33.0 Å². The predicted molar refractivity (Wildman–Crippen MR) is 238 cm³/mol. The number of carbonyl (C=O) groups excluding carboxylic acids is 5. The Morgan fingerprint density at radius 3 is 0.879 bits per heavy atom. The number of carbonyl (C=O) groups is 6. The topological polar surface area (TPSA) is 252 Å². The van der Waals surface area contributed by atoms with Crippen LogP contribution in [0.15, 0.2) is 30.3 Å². The molecule has 0 spiro atoms. The van der Waals surface area contributed by atoms with Crippen molar-refractivity contribution in [2.24, 2.45) is 0 Å². The molecule has 0 unspecified atom stereocenters. The van der Waals surface area contributed by atoms with E-state index in [4.69, 9.17) is 71.4 Å². The van der Waals surface area contributed by atoms with Crippen LogP contribution >= 0.6 is 21.6 Å². The molecule has 21 nitrogen and oxygen atoms in total. The SMILES string of the molecule is O=C(O)CCC(=O)OCCOCCOCCOCCOC(=O)CCC(=O)OCCOCCOCCOCCOC(=O)CCC(=O)OCCOCCOCCOCCSSCc1ccccc1. The second-order valence-corrected chi connectivity index (χ2v) is 15.7. The van der Waals surface area contributed by atoms with E-state index in [1.165, 1.54) is 5.56 Å². The minimum Gasteiger partial charge on any atom is -0.481 e. The van der Waals surface area contributed by atoms with Crippen LogP contribution < -0.4 is 0 Å². The summed E-state index contributed by atoms with van der Waals surface area (Å²) >= 11 is 0. The third-order valence-corrected chi connectivity index (χ3v) is 10.1. The van der Waals surface area contributed by atoms with E-state index in [0.29, 0.717) is 39.6 Å². The minimum atomic E-state index is -1.07. The number of hydrogen-bond acceptors (Lipinski definition) is 22. The number of aliphatic carboxylic acids is 1. The lowest BCUT2D eigenvalue weighted by atomic mass is 10.2. The van der Waals surface area contributed by atoms with Gasteiger partial charge >= 0.3 is 35.8 Å². The van der Waals surface area contributed by atoms with Crippen molar-refractivity contribution in [3.8, 4) is 0 Å². The molecule has 0 bridgehead atoms. The number of esters is 5. The van der Waals surface area contributed by atoms with Crippen LogP contribution in [0.25, 0.3) is 0 Å². The molecule has 0 saturated carbocycles. The summed E-state index contributed by atoms with van der Waals surface area (Å²) in [6, 6.07) is 10.3. The van der Waals surface area contributed by atoms with E-state index in [2.05, 4.69) is 12.1 Å². The van der Waals surface area contributed by atoms with E-state index < -0.39 is 35.8 Å². The molecule has 0 radical (unpaired) electrons. The van der Waals surface area contributed by atoms with Gasteiger partial charge in [0.05, 0.1) is 157 Å². The molecule has 1 aromatic rings. The van der Waals surface area contributed by atoms with Gasteiger partial charge in [0.25, 0.3) is 0 Å². The van der Waals surface area contributed by atoms with E-state index in [1.807, 2.05) is 29.0 Å². The molecule has 66 heavy (non-hydrogen) atoms. The smallest absolute Gasteiger partial charge is 0.306 e. The fraction of sp³-hybridized carbons (Fsp3) is 0.721. The van der Waals surface area contributed by atoms with Crippen LogP contribution in [-0.2, 0) is 101 Å². The zero-order valence-corrected chi connectivity index (χ0v) is 39.4. The van der Waals surface area contributed by atoms with Crippen LogP contribution in [0.3, 0.4) is 0 Å². The third kappa shape index (κ3) is 44.2. The van der Waals surface area contributed by atoms with Crippen molar-refractivity contribution in [1.29, 1.82) is 0 Å². The molecular formula is C43H68O21S2. The van der Waals surface area contributed by atoms with Crippen molar-refractivity contribution in [2.45, 2.75) is 44.3 Å². The molecule has 0 fully saturated rings. The largest absolute Gasteiger partial charge is 0.481 e. The van der Waals surface area contributed by atoms with Crippen LogP contribution in [0.4, 0.5) is 0 Å². The van der Waals surface area contributed by atoms with Crippen molar-refractivity contribution in [2.75, 3.05) is 158 Å². The molecule has 1 aromatic carbocycles. The first-order valence-electron chi connectivity index (χ1n) is 21.7. The number of ether oxygens (including phenoxy) is 14. The maximum atomic E-state index is 11.9. The van der Waals surface area contributed by atoms with Gasteiger partial charge in [-0.2, -0.15) is 0 Å². The summed E-state index contributed by atoms with van der Waals surface area (Å²) in [5.41, 5.74) is 1.31. The normalized spacial score (nSPS) is 11.0. The molecular weight excluding hydrogens is 917 g/mol. The Bertz CT molecular complexity index is 1380. The van der Waals surface area contributed by atoms with Gasteiger partial charge in [0, 0.05) is 11.5 Å². The summed E-state index contributed by atoms with van der Waals surface area (Å²) in [5.74, 6) is -1.97. The molecule has 0 aliphatic carbocycles. The maximum absolute atomic E-state index is 11.9. The quantitative estimate of drug-likeness (QED) is 0.0426. The highest BCUT2D eigenvalue weighted by Gasteiger charge is 2.11. The average Bonchev–Trinajstić information content (AvgIpc) is 3.31. The summed E-state index contributed by atoms with van der Waals surface area (Å²) in [6.45, 7) is 5.67. The number of carboxylic acid groups (broad SMARTS) is 1. The van der Waals surface area contributed by atoms with Gasteiger partial charge in [-0.3, -0.25) is 28.8 Å². The Hall–Kier alpha value is -3.62. The van der Waals surface area contributed by atoms with Crippen LogP contribution in [0.2, 0.25) is 0 Å². The van der Waals surface area contributed by atoms with Crippen molar-refractivity contribution in [3.63, 3.8) is 0 Å². The van der Waals surface area contributed by atoms with Crippen LogP contribution in [-0.4, -0.2) is 199 Å². The Kier molecular flexibility index (Phi) is 42.5. The molecule has 1 N–H and O–H groups in total. The van der Waals surface area contributed by atoms with E-state index in [0.717, 1.165) is 11.5 Å². The molecule has 0 amide bonds. The summed E-state index contributed by atoms with van der Waals surface area (Å²) in [6.07, 6.45) is -0.953. The highest BCUT2D eigenvalue weighted by atomic mass is 33.1.